The van der Waals surface area contributed by atoms with Gasteiger partial charge in [0, 0.05) is 5.30 Å². The van der Waals surface area contributed by atoms with Gasteiger partial charge in [0.05, 0.1) is 0 Å². The molecule has 2 heteroatoms. The molecule has 0 amide bonds. The highest BCUT2D eigenvalue weighted by molar-refractivity contribution is 7.81. The predicted octanol–water partition coefficient (Wildman–Crippen LogP) is 9.18. The molecular weight excluding hydrogens is 590 g/mol. The third kappa shape index (κ3) is 5.35. The number of rotatable bonds is 7. The Labute approximate surface area is 273 Å². The lowest BCUT2D eigenvalue weighted by atomic mass is 9.96. The van der Waals surface area contributed by atoms with Gasteiger partial charge in [-0.15, -0.1) is 0 Å². The van der Waals surface area contributed by atoms with Crippen molar-refractivity contribution in [3.8, 4) is 11.1 Å². The molecule has 0 bridgehead atoms. The lowest BCUT2D eigenvalue weighted by Gasteiger charge is -2.28. The molecule has 0 radical (unpaired) electrons. The van der Waals surface area contributed by atoms with Crippen LogP contribution in [0.4, 0.5) is 0 Å². The van der Waals surface area contributed by atoms with Crippen molar-refractivity contribution >= 4 is 69.2 Å². The second-order valence-electron chi connectivity index (χ2n) is 11.4. The first-order valence-corrected chi connectivity index (χ1v) is 18.4. The molecule has 8 aromatic rings. The van der Waals surface area contributed by atoms with E-state index in [9.17, 15) is 0 Å². The van der Waals surface area contributed by atoms with Crippen LogP contribution in [0.3, 0.4) is 0 Å². The molecule has 0 saturated heterocycles. The summed E-state index contributed by atoms with van der Waals surface area (Å²) in [5.74, 6) is 0. The first-order valence-electron chi connectivity index (χ1n) is 15.7. The Morgan fingerprint density at radius 1 is 0.283 bits per heavy atom. The summed E-state index contributed by atoms with van der Waals surface area (Å²) in [7, 11) is -1.72. The molecule has 0 aromatic heterocycles. The molecule has 8 aromatic carbocycles. The molecule has 0 aliphatic carbocycles. The fourth-order valence-corrected chi connectivity index (χ4v) is 11.7. The topological polar surface area (TPSA) is 0 Å². The molecular formula is C44H32P2. The molecule has 0 spiro atoms. The summed E-state index contributed by atoms with van der Waals surface area (Å²) >= 11 is 0. The zero-order chi connectivity index (χ0) is 30.7. The Hall–Kier alpha value is -4.86. The van der Waals surface area contributed by atoms with Gasteiger partial charge in [-0.2, -0.15) is 0 Å². The average molecular weight is 623 g/mol. The van der Waals surface area contributed by atoms with Crippen molar-refractivity contribution in [1.29, 1.82) is 0 Å². The summed E-state index contributed by atoms with van der Waals surface area (Å²) in [6, 6.07) is 71.8. The van der Waals surface area contributed by atoms with Gasteiger partial charge in [0.1, 0.15) is 0 Å². The summed E-state index contributed by atoms with van der Waals surface area (Å²) in [6.45, 7) is 0. The van der Waals surface area contributed by atoms with E-state index in [-0.39, 0.29) is 0 Å². The summed E-state index contributed by atoms with van der Waals surface area (Å²) in [5.41, 5.74) is 2.67. The van der Waals surface area contributed by atoms with Crippen molar-refractivity contribution in [3.05, 3.63) is 194 Å². The fourth-order valence-electron chi connectivity index (χ4n) is 6.57. The van der Waals surface area contributed by atoms with Gasteiger partial charge in [0.25, 0.3) is 0 Å². The highest BCUT2D eigenvalue weighted by Gasteiger charge is 2.27. The molecule has 0 atom stereocenters. The lowest BCUT2D eigenvalue weighted by molar-refractivity contribution is 1.71. The molecule has 0 aliphatic rings. The molecule has 0 unspecified atom stereocenters. The Bertz CT molecular complexity index is 2170. The maximum Gasteiger partial charge on any atom is 0.000640 e. The first-order chi connectivity index (χ1) is 22.9. The van der Waals surface area contributed by atoms with Crippen LogP contribution in [0.15, 0.2) is 194 Å². The quantitative estimate of drug-likeness (QED) is 0.156. The molecule has 0 N–H and O–H groups in total. The highest BCUT2D eigenvalue weighted by Crippen LogP contribution is 2.45. The Morgan fingerprint density at radius 2 is 0.674 bits per heavy atom. The van der Waals surface area contributed by atoms with Crippen molar-refractivity contribution in [3.63, 3.8) is 0 Å². The van der Waals surface area contributed by atoms with Crippen LogP contribution in [-0.4, -0.2) is 0 Å². The minimum absolute atomic E-state index is 0.840. The second-order valence-corrected chi connectivity index (χ2v) is 15.7. The number of hydrogen-bond donors (Lipinski definition) is 0. The van der Waals surface area contributed by atoms with Crippen molar-refractivity contribution in [2.24, 2.45) is 0 Å². The maximum absolute atomic E-state index is 2.41. The van der Waals surface area contributed by atoms with E-state index in [1.807, 2.05) is 0 Å². The molecule has 0 heterocycles. The van der Waals surface area contributed by atoms with Gasteiger partial charge in [-0.25, -0.2) is 0 Å². The number of fused-ring (bicyclic) bond motifs is 2. The Kier molecular flexibility index (Phi) is 8.00. The van der Waals surface area contributed by atoms with Crippen molar-refractivity contribution < 1.29 is 0 Å². The summed E-state index contributed by atoms with van der Waals surface area (Å²) in [5, 5.41) is 13.4. The smallest absolute Gasteiger partial charge is 0.000640 e. The van der Waals surface area contributed by atoms with Gasteiger partial charge in [0.2, 0.25) is 0 Å². The fraction of sp³-hybridized carbons (Fsp3) is 0. The van der Waals surface area contributed by atoms with E-state index in [1.165, 1.54) is 64.5 Å². The van der Waals surface area contributed by atoms with Crippen LogP contribution in [0.25, 0.3) is 32.7 Å². The van der Waals surface area contributed by atoms with Gasteiger partial charge in [-0.3, -0.25) is 0 Å². The lowest BCUT2D eigenvalue weighted by Crippen LogP contribution is -2.26. The van der Waals surface area contributed by atoms with Gasteiger partial charge >= 0.3 is 0 Å². The number of benzene rings is 8. The zero-order valence-corrected chi connectivity index (χ0v) is 27.2. The van der Waals surface area contributed by atoms with E-state index >= 15 is 0 Å². The van der Waals surface area contributed by atoms with Crippen LogP contribution >= 0.6 is 15.8 Å². The van der Waals surface area contributed by atoms with Gasteiger partial charge < -0.3 is 0 Å². The SMILES string of the molecule is c1ccc(P(c2ccccc2)c2ccc3ccccc3c2-c2ccc3ccccc3c2P(c2ccccc2)c2ccccc2)cc1. The van der Waals surface area contributed by atoms with Crippen LogP contribution in [0.2, 0.25) is 0 Å². The maximum atomic E-state index is 2.41. The second kappa shape index (κ2) is 12.9. The van der Waals surface area contributed by atoms with E-state index in [2.05, 4.69) is 194 Å². The third-order valence-corrected chi connectivity index (χ3v) is 13.6. The van der Waals surface area contributed by atoms with E-state index < -0.39 is 15.8 Å². The standard InChI is InChI=1S/C44H32P2/c1-5-19-35(20-6-1)45(36-21-7-2-8-22-36)42-32-30-33-17-13-15-27-39(33)43(42)41-31-29-34-18-14-16-28-40(34)44(41)46(37-23-9-3-10-24-37)38-25-11-4-12-26-38/h1-32H. The van der Waals surface area contributed by atoms with Crippen LogP contribution < -0.4 is 31.8 Å². The van der Waals surface area contributed by atoms with Crippen molar-refractivity contribution in [1.82, 2.24) is 0 Å². The zero-order valence-electron chi connectivity index (χ0n) is 25.4. The monoisotopic (exact) mass is 622 g/mol. The van der Waals surface area contributed by atoms with Gasteiger partial charge in [0.15, 0.2) is 0 Å². The molecule has 218 valence electrons. The van der Waals surface area contributed by atoms with Crippen LogP contribution in [0.5, 0.6) is 0 Å². The van der Waals surface area contributed by atoms with E-state index in [0.717, 1.165) is 0 Å². The molecule has 0 fully saturated rings. The minimum atomic E-state index is -0.879. The molecule has 46 heavy (non-hydrogen) atoms. The molecule has 0 saturated carbocycles. The number of hydrogen-bond acceptors (Lipinski definition) is 0. The molecule has 0 nitrogen and oxygen atoms in total. The van der Waals surface area contributed by atoms with E-state index in [0.29, 0.717) is 0 Å². The summed E-state index contributed by atoms with van der Waals surface area (Å²) in [6.07, 6.45) is 0. The van der Waals surface area contributed by atoms with E-state index in [4.69, 9.17) is 0 Å². The first kappa shape index (κ1) is 28.6. The molecule has 8 rings (SSSR count). The molecule has 0 aliphatic heterocycles. The minimum Gasteiger partial charge on any atom is -0.0622 e. The Morgan fingerprint density at radius 3 is 1.20 bits per heavy atom. The van der Waals surface area contributed by atoms with Gasteiger partial charge in [-0.1, -0.05) is 194 Å². The largest absolute Gasteiger partial charge is 0.0622 e. The summed E-state index contributed by atoms with van der Waals surface area (Å²) in [4.78, 5) is 0. The predicted molar refractivity (Wildman–Crippen MR) is 204 cm³/mol. The highest BCUT2D eigenvalue weighted by atomic mass is 31.1. The van der Waals surface area contributed by atoms with E-state index in [1.54, 1.807) is 0 Å². The van der Waals surface area contributed by atoms with Gasteiger partial charge in [-0.05, 0) is 75.0 Å². The summed E-state index contributed by atoms with van der Waals surface area (Å²) < 4.78 is 0. The Balaban J connectivity index is 1.52. The van der Waals surface area contributed by atoms with Crippen LogP contribution in [-0.2, 0) is 0 Å². The van der Waals surface area contributed by atoms with Crippen LogP contribution in [0.1, 0.15) is 0 Å². The van der Waals surface area contributed by atoms with Crippen molar-refractivity contribution in [2.75, 3.05) is 0 Å². The van der Waals surface area contributed by atoms with Crippen LogP contribution in [0, 0.1) is 0 Å². The van der Waals surface area contributed by atoms with Crippen molar-refractivity contribution in [2.45, 2.75) is 0 Å². The normalized spacial score (nSPS) is 11.4. The average Bonchev–Trinajstić information content (AvgIpc) is 3.14. The third-order valence-electron chi connectivity index (χ3n) is 8.60.